The highest BCUT2D eigenvalue weighted by Crippen LogP contribution is 2.48. The number of carbonyl (C=O) groups excluding carboxylic acids is 1. The van der Waals surface area contributed by atoms with Gasteiger partial charge in [-0.3, -0.25) is 9.69 Å². The summed E-state index contributed by atoms with van der Waals surface area (Å²) in [6, 6.07) is 10.7. The van der Waals surface area contributed by atoms with E-state index in [2.05, 4.69) is 29.2 Å². The van der Waals surface area contributed by atoms with Crippen LogP contribution >= 0.6 is 0 Å². The van der Waals surface area contributed by atoms with Gasteiger partial charge in [0, 0.05) is 38.1 Å². The molecule has 0 bridgehead atoms. The average Bonchev–Trinajstić information content (AvgIpc) is 3.29. The Labute approximate surface area is 138 Å². The van der Waals surface area contributed by atoms with Crippen LogP contribution in [0.25, 0.3) is 0 Å². The summed E-state index contributed by atoms with van der Waals surface area (Å²) in [7, 11) is 0. The zero-order chi connectivity index (χ0) is 15.8. The molecule has 3 fully saturated rings. The maximum absolute atomic E-state index is 12.7. The van der Waals surface area contributed by atoms with Gasteiger partial charge in [0.05, 0.1) is 6.10 Å². The predicted octanol–water partition coefficient (Wildman–Crippen LogP) is 1.85. The molecule has 1 aromatic rings. The molecule has 2 aliphatic carbocycles. The lowest BCUT2D eigenvalue weighted by atomic mass is 10.1. The molecule has 4 nitrogen and oxygen atoms in total. The minimum absolute atomic E-state index is 0.164. The Balaban J connectivity index is 1.30. The molecular formula is C19H26N2O2. The fourth-order valence-corrected chi connectivity index (χ4v) is 4.39. The first-order valence-electron chi connectivity index (χ1n) is 9.00. The number of rotatable bonds is 3. The van der Waals surface area contributed by atoms with Crippen molar-refractivity contribution >= 4 is 5.91 Å². The topological polar surface area (TPSA) is 43.8 Å². The third-order valence-electron chi connectivity index (χ3n) is 5.87. The smallest absolute Gasteiger partial charge is 0.226 e. The van der Waals surface area contributed by atoms with Crippen molar-refractivity contribution < 1.29 is 9.90 Å². The van der Waals surface area contributed by atoms with Crippen molar-refractivity contribution in [1.82, 2.24) is 9.80 Å². The molecule has 0 radical (unpaired) electrons. The average molecular weight is 314 g/mol. The first-order chi connectivity index (χ1) is 11.2. The van der Waals surface area contributed by atoms with Crippen molar-refractivity contribution in [2.45, 2.75) is 43.7 Å². The summed E-state index contributed by atoms with van der Waals surface area (Å²) in [5.41, 5.74) is 1.30. The van der Waals surface area contributed by atoms with Gasteiger partial charge in [-0.1, -0.05) is 30.3 Å². The molecule has 4 heteroatoms. The van der Waals surface area contributed by atoms with E-state index in [1.807, 2.05) is 11.0 Å². The Morgan fingerprint density at radius 1 is 1.04 bits per heavy atom. The highest BCUT2D eigenvalue weighted by Gasteiger charge is 2.46. The van der Waals surface area contributed by atoms with E-state index in [1.165, 1.54) is 5.56 Å². The molecule has 4 rings (SSSR count). The molecule has 124 valence electrons. The Morgan fingerprint density at radius 3 is 2.43 bits per heavy atom. The number of hydrogen-bond donors (Lipinski definition) is 1. The molecule has 23 heavy (non-hydrogen) atoms. The summed E-state index contributed by atoms with van der Waals surface area (Å²) >= 11 is 0. The summed E-state index contributed by atoms with van der Waals surface area (Å²) in [5, 5.41) is 10.1. The summed E-state index contributed by atoms with van der Waals surface area (Å²) in [6.07, 6.45) is 4.01. The van der Waals surface area contributed by atoms with Crippen molar-refractivity contribution in [2.24, 2.45) is 5.92 Å². The number of benzene rings is 1. The van der Waals surface area contributed by atoms with Gasteiger partial charge in [-0.2, -0.15) is 0 Å². The van der Waals surface area contributed by atoms with Crippen molar-refractivity contribution in [3.05, 3.63) is 35.9 Å². The number of amides is 1. The number of hydrogen-bond acceptors (Lipinski definition) is 3. The lowest BCUT2D eigenvalue weighted by molar-refractivity contribution is -0.135. The van der Waals surface area contributed by atoms with Gasteiger partial charge in [0.25, 0.3) is 0 Å². The van der Waals surface area contributed by atoms with Crippen LogP contribution in [0.15, 0.2) is 30.3 Å². The molecule has 1 aromatic carbocycles. The number of aliphatic hydroxyl groups is 1. The van der Waals surface area contributed by atoms with E-state index in [9.17, 15) is 9.90 Å². The highest BCUT2D eigenvalue weighted by molar-refractivity contribution is 5.83. The summed E-state index contributed by atoms with van der Waals surface area (Å²) in [6.45, 7) is 3.46. The molecule has 0 unspecified atom stereocenters. The first kappa shape index (κ1) is 15.2. The van der Waals surface area contributed by atoms with Gasteiger partial charge in [-0.05, 0) is 37.2 Å². The third kappa shape index (κ3) is 3.02. The van der Waals surface area contributed by atoms with Crippen LogP contribution in [0.5, 0.6) is 0 Å². The van der Waals surface area contributed by atoms with Crippen LogP contribution < -0.4 is 0 Å². The molecule has 1 N–H and O–H groups in total. The quantitative estimate of drug-likeness (QED) is 0.926. The van der Waals surface area contributed by atoms with Gasteiger partial charge >= 0.3 is 0 Å². The lowest BCUT2D eigenvalue weighted by Crippen LogP contribution is -2.54. The normalized spacial score (nSPS) is 34.6. The van der Waals surface area contributed by atoms with Crippen LogP contribution in [0.2, 0.25) is 0 Å². The second kappa shape index (κ2) is 6.25. The third-order valence-corrected chi connectivity index (χ3v) is 5.87. The molecule has 0 spiro atoms. The van der Waals surface area contributed by atoms with E-state index >= 15 is 0 Å². The maximum Gasteiger partial charge on any atom is 0.226 e. The Morgan fingerprint density at radius 2 is 1.78 bits per heavy atom. The number of aliphatic hydroxyl groups excluding tert-OH is 1. The number of carbonyl (C=O) groups is 1. The van der Waals surface area contributed by atoms with Gasteiger partial charge in [-0.25, -0.2) is 0 Å². The van der Waals surface area contributed by atoms with Gasteiger partial charge in [-0.15, -0.1) is 0 Å². The van der Waals surface area contributed by atoms with Crippen molar-refractivity contribution in [2.75, 3.05) is 26.2 Å². The number of piperazine rings is 1. The second-order valence-corrected chi connectivity index (χ2v) is 7.29. The van der Waals surface area contributed by atoms with Gasteiger partial charge in [0.2, 0.25) is 5.91 Å². The number of nitrogens with zero attached hydrogens (tertiary/aromatic N) is 2. The summed E-state index contributed by atoms with van der Waals surface area (Å²) in [5.74, 6) is 0.963. The Hall–Kier alpha value is -1.39. The predicted molar refractivity (Wildman–Crippen MR) is 89.1 cm³/mol. The maximum atomic E-state index is 12.7. The van der Waals surface area contributed by atoms with Gasteiger partial charge in [0.15, 0.2) is 0 Å². The second-order valence-electron chi connectivity index (χ2n) is 7.29. The van der Waals surface area contributed by atoms with Crippen LogP contribution in [0, 0.1) is 5.92 Å². The Kier molecular flexibility index (Phi) is 4.12. The molecule has 2 saturated carbocycles. The van der Waals surface area contributed by atoms with Crippen LogP contribution in [-0.2, 0) is 4.79 Å². The molecular weight excluding hydrogens is 288 g/mol. The van der Waals surface area contributed by atoms with Crippen LogP contribution in [0.3, 0.4) is 0 Å². The first-order valence-corrected chi connectivity index (χ1v) is 9.00. The fraction of sp³-hybridized carbons (Fsp3) is 0.632. The lowest BCUT2D eigenvalue weighted by Gasteiger charge is -2.39. The summed E-state index contributed by atoms with van der Waals surface area (Å²) in [4.78, 5) is 17.1. The largest absolute Gasteiger partial charge is 0.391 e. The van der Waals surface area contributed by atoms with Crippen molar-refractivity contribution in [3.63, 3.8) is 0 Å². The fourth-order valence-electron chi connectivity index (χ4n) is 4.39. The van der Waals surface area contributed by atoms with E-state index in [-0.39, 0.29) is 12.0 Å². The standard InChI is InChI=1S/C19H26N2O2/c22-18-8-4-7-17(18)20-9-11-21(12-10-20)19(23)16-13-15(16)14-5-2-1-3-6-14/h1-3,5-6,15-18,22H,4,7-13H2/t15-,16-,17+,18-/m1/s1. The van der Waals surface area contributed by atoms with Crippen molar-refractivity contribution in [1.29, 1.82) is 0 Å². The Bertz CT molecular complexity index is 554. The zero-order valence-electron chi connectivity index (χ0n) is 13.6. The minimum Gasteiger partial charge on any atom is -0.391 e. The molecule has 4 atom stereocenters. The van der Waals surface area contributed by atoms with Gasteiger partial charge < -0.3 is 10.0 Å². The SMILES string of the molecule is O=C([C@@H]1C[C@@H]1c1ccccc1)N1CCN([C@H]2CCC[C@H]2O)CC1. The molecule has 1 heterocycles. The van der Waals surface area contributed by atoms with Crippen molar-refractivity contribution in [3.8, 4) is 0 Å². The molecule has 0 aromatic heterocycles. The molecule has 1 aliphatic heterocycles. The van der Waals surface area contributed by atoms with Crippen LogP contribution in [0.4, 0.5) is 0 Å². The highest BCUT2D eigenvalue weighted by atomic mass is 16.3. The molecule has 1 amide bonds. The van der Waals surface area contributed by atoms with E-state index in [4.69, 9.17) is 0 Å². The van der Waals surface area contributed by atoms with E-state index in [0.29, 0.717) is 17.9 Å². The molecule has 1 saturated heterocycles. The zero-order valence-corrected chi connectivity index (χ0v) is 13.6. The monoisotopic (exact) mass is 314 g/mol. The van der Waals surface area contributed by atoms with E-state index < -0.39 is 0 Å². The molecule has 3 aliphatic rings. The van der Waals surface area contributed by atoms with E-state index in [0.717, 1.165) is 51.9 Å². The minimum atomic E-state index is -0.164. The van der Waals surface area contributed by atoms with E-state index in [1.54, 1.807) is 0 Å². The van der Waals surface area contributed by atoms with Gasteiger partial charge in [0.1, 0.15) is 0 Å². The van der Waals surface area contributed by atoms with Crippen LogP contribution in [-0.4, -0.2) is 59.1 Å². The van der Waals surface area contributed by atoms with Crippen LogP contribution in [0.1, 0.15) is 37.2 Å². The summed E-state index contributed by atoms with van der Waals surface area (Å²) < 4.78 is 0.